The number of piperidine rings is 1. The molecular weight excluding hydrogens is 306 g/mol. The van der Waals surface area contributed by atoms with Crippen LogP contribution in [0.15, 0.2) is 30.3 Å². The van der Waals surface area contributed by atoms with E-state index in [2.05, 4.69) is 40.6 Å². The molecule has 2 fully saturated rings. The Morgan fingerprint density at radius 2 is 2.26 bits per heavy atom. The predicted octanol–water partition coefficient (Wildman–Crippen LogP) is 2.41. The van der Waals surface area contributed by atoms with Gasteiger partial charge in [0.05, 0.1) is 12.0 Å². The van der Waals surface area contributed by atoms with Crippen molar-refractivity contribution >= 4 is 17.7 Å². The predicted molar refractivity (Wildman–Crippen MR) is 92.9 cm³/mol. The van der Waals surface area contributed by atoms with Crippen LogP contribution >= 0.6 is 11.8 Å². The second kappa shape index (κ2) is 7.37. The zero-order chi connectivity index (χ0) is 16.1. The van der Waals surface area contributed by atoms with Crippen molar-refractivity contribution in [2.75, 3.05) is 24.6 Å². The van der Waals surface area contributed by atoms with E-state index in [1.807, 2.05) is 6.07 Å². The summed E-state index contributed by atoms with van der Waals surface area (Å²) in [4.78, 5) is 15.0. The molecule has 0 bridgehead atoms. The number of likely N-dealkylation sites (tertiary alicyclic amines) is 1. The highest BCUT2D eigenvalue weighted by atomic mass is 32.2. The fourth-order valence-electron chi connectivity index (χ4n) is 3.37. The number of hydrogen-bond acceptors (Lipinski definition) is 4. The summed E-state index contributed by atoms with van der Waals surface area (Å²) in [5, 5.41) is 12.5. The fourth-order valence-corrected chi connectivity index (χ4v) is 4.64. The molecule has 0 spiro atoms. The van der Waals surface area contributed by atoms with Gasteiger partial charge in [0, 0.05) is 18.8 Å². The summed E-state index contributed by atoms with van der Waals surface area (Å²) in [5.41, 5.74) is 0.651. The van der Waals surface area contributed by atoms with Gasteiger partial charge in [-0.2, -0.15) is 17.0 Å². The number of nitrogens with zero attached hydrogens (tertiary/aromatic N) is 2. The van der Waals surface area contributed by atoms with Gasteiger partial charge in [0.15, 0.2) is 0 Å². The molecule has 2 saturated heterocycles. The summed E-state index contributed by atoms with van der Waals surface area (Å²) in [6.07, 6.45) is 2.73. The van der Waals surface area contributed by atoms with E-state index in [9.17, 15) is 10.1 Å². The molecule has 1 aromatic carbocycles. The van der Waals surface area contributed by atoms with E-state index < -0.39 is 5.54 Å². The molecule has 2 atom stereocenters. The van der Waals surface area contributed by atoms with Crippen LogP contribution in [-0.4, -0.2) is 40.9 Å². The lowest BCUT2D eigenvalue weighted by Gasteiger charge is -2.33. The monoisotopic (exact) mass is 329 g/mol. The van der Waals surface area contributed by atoms with Crippen LogP contribution in [0.4, 0.5) is 0 Å². The Bertz CT molecular complexity index is 578. The molecule has 23 heavy (non-hydrogen) atoms. The van der Waals surface area contributed by atoms with Crippen molar-refractivity contribution in [1.29, 1.82) is 5.26 Å². The van der Waals surface area contributed by atoms with Gasteiger partial charge in [-0.15, -0.1) is 0 Å². The van der Waals surface area contributed by atoms with Gasteiger partial charge in [-0.25, -0.2) is 0 Å². The van der Waals surface area contributed by atoms with Crippen LogP contribution in [0.2, 0.25) is 0 Å². The van der Waals surface area contributed by atoms with Gasteiger partial charge in [0.2, 0.25) is 5.91 Å². The van der Waals surface area contributed by atoms with Crippen LogP contribution in [0.3, 0.4) is 0 Å². The van der Waals surface area contributed by atoms with Gasteiger partial charge >= 0.3 is 0 Å². The maximum atomic E-state index is 12.6. The lowest BCUT2D eigenvalue weighted by Crippen LogP contribution is -2.52. The average Bonchev–Trinajstić information content (AvgIpc) is 3.05. The van der Waals surface area contributed by atoms with Crippen molar-refractivity contribution in [3.63, 3.8) is 0 Å². The highest BCUT2D eigenvalue weighted by molar-refractivity contribution is 7.99. The molecule has 2 heterocycles. The Morgan fingerprint density at radius 3 is 2.96 bits per heavy atom. The molecule has 1 aromatic rings. The minimum absolute atomic E-state index is 0.00304. The molecule has 2 aliphatic rings. The molecule has 5 heteroatoms. The van der Waals surface area contributed by atoms with Gasteiger partial charge in [0.25, 0.3) is 0 Å². The quantitative estimate of drug-likeness (QED) is 0.922. The van der Waals surface area contributed by atoms with Crippen molar-refractivity contribution in [1.82, 2.24) is 10.2 Å². The van der Waals surface area contributed by atoms with Crippen LogP contribution in [0.1, 0.15) is 24.8 Å². The van der Waals surface area contributed by atoms with Crippen LogP contribution in [0, 0.1) is 17.2 Å². The Hall–Kier alpha value is -1.51. The molecule has 1 amide bonds. The second-order valence-electron chi connectivity index (χ2n) is 6.55. The van der Waals surface area contributed by atoms with Crippen LogP contribution in [-0.2, 0) is 11.3 Å². The second-order valence-corrected chi connectivity index (χ2v) is 7.65. The van der Waals surface area contributed by atoms with Crippen LogP contribution < -0.4 is 5.32 Å². The molecule has 4 nitrogen and oxygen atoms in total. The SMILES string of the molecule is N#C[C@@]1(NC(=O)[C@H]2CCCN(Cc3ccccc3)C2)CCSC1. The number of rotatable bonds is 4. The molecule has 0 radical (unpaired) electrons. The Balaban J connectivity index is 1.57. The summed E-state index contributed by atoms with van der Waals surface area (Å²) in [6.45, 7) is 2.72. The molecule has 2 aliphatic heterocycles. The van der Waals surface area contributed by atoms with E-state index in [0.717, 1.165) is 50.4 Å². The number of nitrogens with one attached hydrogen (secondary N) is 1. The number of hydrogen-bond donors (Lipinski definition) is 1. The molecule has 0 aromatic heterocycles. The van der Waals surface area contributed by atoms with Gasteiger partial charge < -0.3 is 5.32 Å². The summed E-state index contributed by atoms with van der Waals surface area (Å²) < 4.78 is 0. The molecule has 0 unspecified atom stereocenters. The third-order valence-electron chi connectivity index (χ3n) is 4.72. The Labute approximate surface area is 142 Å². The van der Waals surface area contributed by atoms with Gasteiger partial charge in [-0.05, 0) is 37.1 Å². The lowest BCUT2D eigenvalue weighted by molar-refractivity contribution is -0.128. The first-order chi connectivity index (χ1) is 11.2. The first kappa shape index (κ1) is 16.4. The number of amides is 1. The minimum atomic E-state index is -0.635. The van der Waals surface area contributed by atoms with E-state index >= 15 is 0 Å². The van der Waals surface area contributed by atoms with E-state index in [4.69, 9.17) is 0 Å². The first-order valence-electron chi connectivity index (χ1n) is 8.28. The van der Waals surface area contributed by atoms with Crippen molar-refractivity contribution in [2.45, 2.75) is 31.3 Å². The summed E-state index contributed by atoms with van der Waals surface area (Å²) in [5.74, 6) is 1.74. The smallest absolute Gasteiger partial charge is 0.225 e. The van der Waals surface area contributed by atoms with E-state index in [0.29, 0.717) is 0 Å². The van der Waals surface area contributed by atoms with E-state index in [1.165, 1.54) is 5.56 Å². The van der Waals surface area contributed by atoms with Crippen molar-refractivity contribution < 1.29 is 4.79 Å². The zero-order valence-electron chi connectivity index (χ0n) is 13.3. The Morgan fingerprint density at radius 1 is 1.43 bits per heavy atom. The standard InChI is InChI=1S/C18H23N3OS/c19-13-18(8-10-23-14-18)20-17(22)16-7-4-9-21(12-16)11-15-5-2-1-3-6-15/h1-3,5-6,16H,4,7-12,14H2,(H,20,22)/t16-,18-/m0/s1. The zero-order valence-corrected chi connectivity index (χ0v) is 14.1. The first-order valence-corrected chi connectivity index (χ1v) is 9.43. The number of carbonyl (C=O) groups is 1. The van der Waals surface area contributed by atoms with Crippen molar-refractivity contribution in [3.05, 3.63) is 35.9 Å². The average molecular weight is 329 g/mol. The fraction of sp³-hybridized carbons (Fsp3) is 0.556. The van der Waals surface area contributed by atoms with Crippen LogP contribution in [0.5, 0.6) is 0 Å². The number of thioether (sulfide) groups is 1. The maximum Gasteiger partial charge on any atom is 0.225 e. The van der Waals surface area contributed by atoms with E-state index in [1.54, 1.807) is 11.8 Å². The third-order valence-corrected chi connectivity index (χ3v) is 5.91. The number of carbonyl (C=O) groups excluding carboxylic acids is 1. The largest absolute Gasteiger partial charge is 0.337 e. The normalized spacial score (nSPS) is 28.2. The molecule has 122 valence electrons. The molecular formula is C18H23N3OS. The maximum absolute atomic E-state index is 12.6. The number of nitriles is 1. The summed E-state index contributed by atoms with van der Waals surface area (Å²) in [6, 6.07) is 12.7. The highest BCUT2D eigenvalue weighted by Gasteiger charge is 2.38. The third kappa shape index (κ3) is 4.07. The molecule has 1 N–H and O–H groups in total. The topological polar surface area (TPSA) is 56.1 Å². The number of benzene rings is 1. The van der Waals surface area contributed by atoms with Gasteiger partial charge in [-0.1, -0.05) is 30.3 Å². The lowest BCUT2D eigenvalue weighted by atomic mass is 9.94. The molecule has 3 rings (SSSR count). The molecule has 0 saturated carbocycles. The van der Waals surface area contributed by atoms with Crippen molar-refractivity contribution in [3.8, 4) is 6.07 Å². The van der Waals surface area contributed by atoms with Crippen molar-refractivity contribution in [2.24, 2.45) is 5.92 Å². The molecule has 0 aliphatic carbocycles. The van der Waals surface area contributed by atoms with Crippen LogP contribution in [0.25, 0.3) is 0 Å². The highest BCUT2D eigenvalue weighted by Crippen LogP contribution is 2.28. The summed E-state index contributed by atoms with van der Waals surface area (Å²) >= 11 is 1.75. The van der Waals surface area contributed by atoms with Gasteiger partial charge in [0.1, 0.15) is 5.54 Å². The van der Waals surface area contributed by atoms with Gasteiger partial charge in [-0.3, -0.25) is 9.69 Å². The summed E-state index contributed by atoms with van der Waals surface area (Å²) in [7, 11) is 0. The Kier molecular flexibility index (Phi) is 5.24. The van der Waals surface area contributed by atoms with E-state index in [-0.39, 0.29) is 11.8 Å². The minimum Gasteiger partial charge on any atom is -0.337 e.